The standard InChI is InChI=1S/C27H31B/c1-18(2)21-14-11-15-23(26(21)28)20(4)22-13-8-10-17-25(22)27(5,6)24-16-9-7-12-19(24)3/h7-18,20H,1-6H3. The summed E-state index contributed by atoms with van der Waals surface area (Å²) in [5.41, 5.74) is 8.73. The molecule has 3 aromatic rings. The van der Waals surface area contributed by atoms with Crippen molar-refractivity contribution in [3.63, 3.8) is 0 Å². The topological polar surface area (TPSA) is 0 Å². The molecule has 0 aliphatic heterocycles. The third-order valence-electron chi connectivity index (χ3n) is 6.18. The number of hydrogen-bond acceptors (Lipinski definition) is 0. The molecule has 0 aliphatic rings. The van der Waals surface area contributed by atoms with E-state index in [4.69, 9.17) is 7.85 Å². The molecule has 0 aromatic heterocycles. The fourth-order valence-electron chi connectivity index (χ4n) is 4.51. The zero-order chi connectivity index (χ0) is 20.5. The molecule has 1 atom stereocenters. The molecule has 0 heterocycles. The molecule has 0 amide bonds. The maximum Gasteiger partial charge on any atom is 0.114 e. The van der Waals surface area contributed by atoms with E-state index in [-0.39, 0.29) is 11.3 Å². The Morgan fingerprint density at radius 1 is 0.679 bits per heavy atom. The third-order valence-corrected chi connectivity index (χ3v) is 6.18. The van der Waals surface area contributed by atoms with Gasteiger partial charge in [-0.15, -0.1) is 0 Å². The molecule has 1 unspecified atom stereocenters. The number of aryl methyl sites for hydroxylation is 1. The van der Waals surface area contributed by atoms with Crippen LogP contribution in [0.2, 0.25) is 0 Å². The highest BCUT2D eigenvalue weighted by atomic mass is 14.3. The summed E-state index contributed by atoms with van der Waals surface area (Å²) in [5.74, 6) is 0.656. The van der Waals surface area contributed by atoms with Gasteiger partial charge >= 0.3 is 0 Å². The highest BCUT2D eigenvalue weighted by Gasteiger charge is 2.29. The van der Waals surface area contributed by atoms with E-state index < -0.39 is 0 Å². The molecule has 3 aromatic carbocycles. The molecule has 0 aliphatic carbocycles. The summed E-state index contributed by atoms with van der Waals surface area (Å²) in [4.78, 5) is 0. The van der Waals surface area contributed by atoms with Crippen molar-refractivity contribution in [2.45, 2.75) is 58.8 Å². The Morgan fingerprint density at radius 3 is 1.86 bits per heavy atom. The van der Waals surface area contributed by atoms with Crippen LogP contribution in [0.3, 0.4) is 0 Å². The minimum atomic E-state index is -0.0827. The van der Waals surface area contributed by atoms with Crippen LogP contribution in [0.5, 0.6) is 0 Å². The normalized spacial score (nSPS) is 13.0. The highest BCUT2D eigenvalue weighted by Crippen LogP contribution is 2.39. The molecule has 1 heteroatoms. The van der Waals surface area contributed by atoms with Gasteiger partial charge in [0.15, 0.2) is 0 Å². The van der Waals surface area contributed by atoms with Crippen molar-refractivity contribution in [3.05, 3.63) is 100 Å². The van der Waals surface area contributed by atoms with E-state index in [0.29, 0.717) is 5.92 Å². The number of hydrogen-bond donors (Lipinski definition) is 0. The minimum Gasteiger partial charge on any atom is -0.0895 e. The van der Waals surface area contributed by atoms with Gasteiger partial charge in [-0.2, -0.15) is 0 Å². The first-order valence-corrected chi connectivity index (χ1v) is 10.3. The van der Waals surface area contributed by atoms with Gasteiger partial charge in [0.2, 0.25) is 0 Å². The van der Waals surface area contributed by atoms with Crippen molar-refractivity contribution in [1.82, 2.24) is 0 Å². The van der Waals surface area contributed by atoms with Crippen LogP contribution in [0.15, 0.2) is 66.7 Å². The molecule has 3 rings (SSSR count). The van der Waals surface area contributed by atoms with E-state index in [1.165, 1.54) is 33.4 Å². The van der Waals surface area contributed by atoms with Gasteiger partial charge in [0.1, 0.15) is 7.85 Å². The van der Waals surface area contributed by atoms with Crippen LogP contribution in [-0.4, -0.2) is 7.85 Å². The molecule has 0 saturated heterocycles. The fraction of sp³-hybridized carbons (Fsp3) is 0.333. The van der Waals surface area contributed by atoms with Crippen LogP contribution in [0, 0.1) is 6.92 Å². The Labute approximate surface area is 172 Å². The van der Waals surface area contributed by atoms with E-state index in [0.717, 1.165) is 5.46 Å². The van der Waals surface area contributed by atoms with Crippen molar-refractivity contribution in [3.8, 4) is 0 Å². The summed E-state index contributed by atoms with van der Waals surface area (Å²) in [6, 6.07) is 24.0. The summed E-state index contributed by atoms with van der Waals surface area (Å²) in [6.07, 6.45) is 0. The Hall–Kier alpha value is -2.28. The monoisotopic (exact) mass is 366 g/mol. The van der Waals surface area contributed by atoms with Crippen LogP contribution in [0.1, 0.15) is 79.8 Å². The smallest absolute Gasteiger partial charge is 0.0895 e. The predicted molar refractivity (Wildman–Crippen MR) is 123 cm³/mol. The zero-order valence-corrected chi connectivity index (χ0v) is 18.1. The second-order valence-electron chi connectivity index (χ2n) is 8.75. The van der Waals surface area contributed by atoms with Crippen LogP contribution >= 0.6 is 0 Å². The van der Waals surface area contributed by atoms with E-state index in [1.54, 1.807) is 0 Å². The predicted octanol–water partition coefficient (Wildman–Crippen LogP) is 6.39. The van der Waals surface area contributed by atoms with Crippen molar-refractivity contribution < 1.29 is 0 Å². The van der Waals surface area contributed by atoms with Crippen molar-refractivity contribution >= 4 is 13.3 Å². The van der Waals surface area contributed by atoms with Gasteiger partial charge in [-0.1, -0.05) is 112 Å². The Kier molecular flexibility index (Phi) is 5.84. The summed E-state index contributed by atoms with van der Waals surface area (Å²) < 4.78 is 0. The van der Waals surface area contributed by atoms with Gasteiger partial charge in [0.25, 0.3) is 0 Å². The summed E-state index contributed by atoms with van der Waals surface area (Å²) in [6.45, 7) is 13.5. The molecule has 0 fully saturated rings. The molecule has 0 bridgehead atoms. The SMILES string of the molecule is [B]c1c(C(C)C)cccc1C(C)c1ccccc1C(C)(C)c1ccccc1C. The average molecular weight is 366 g/mol. The highest BCUT2D eigenvalue weighted by molar-refractivity contribution is 6.34. The molecular formula is C27H31B. The quantitative estimate of drug-likeness (QED) is 0.459. The Morgan fingerprint density at radius 2 is 1.21 bits per heavy atom. The summed E-state index contributed by atoms with van der Waals surface area (Å²) >= 11 is 0. The molecule has 2 radical (unpaired) electrons. The molecule has 0 spiro atoms. The summed E-state index contributed by atoms with van der Waals surface area (Å²) in [5, 5.41) is 0. The first-order valence-electron chi connectivity index (χ1n) is 10.3. The Balaban J connectivity index is 2.14. The lowest BCUT2D eigenvalue weighted by Crippen LogP contribution is -2.25. The first-order chi connectivity index (χ1) is 13.2. The summed E-state index contributed by atoms with van der Waals surface area (Å²) in [7, 11) is 6.62. The van der Waals surface area contributed by atoms with Gasteiger partial charge in [-0.05, 0) is 40.7 Å². The zero-order valence-electron chi connectivity index (χ0n) is 18.1. The molecule has 0 nitrogen and oxygen atoms in total. The Bertz CT molecular complexity index is 966. The lowest BCUT2D eigenvalue weighted by Gasteiger charge is -2.32. The van der Waals surface area contributed by atoms with Crippen molar-refractivity contribution in [2.75, 3.05) is 0 Å². The molecule has 0 N–H and O–H groups in total. The molecular weight excluding hydrogens is 335 g/mol. The van der Waals surface area contributed by atoms with Crippen molar-refractivity contribution in [1.29, 1.82) is 0 Å². The molecule has 142 valence electrons. The molecule has 28 heavy (non-hydrogen) atoms. The van der Waals surface area contributed by atoms with E-state index in [1.807, 2.05) is 0 Å². The second kappa shape index (κ2) is 7.99. The van der Waals surface area contributed by atoms with E-state index in [2.05, 4.69) is 108 Å². The number of benzene rings is 3. The van der Waals surface area contributed by atoms with Gasteiger partial charge in [0, 0.05) is 11.3 Å². The van der Waals surface area contributed by atoms with Gasteiger partial charge in [-0.3, -0.25) is 0 Å². The third kappa shape index (κ3) is 3.68. The number of rotatable bonds is 5. The second-order valence-corrected chi connectivity index (χ2v) is 8.75. The average Bonchev–Trinajstić information content (AvgIpc) is 2.67. The van der Waals surface area contributed by atoms with Crippen LogP contribution in [0.4, 0.5) is 0 Å². The van der Waals surface area contributed by atoms with Crippen LogP contribution in [0.25, 0.3) is 0 Å². The largest absolute Gasteiger partial charge is 0.114 e. The maximum absolute atomic E-state index is 6.62. The lowest BCUT2D eigenvalue weighted by atomic mass is 9.70. The van der Waals surface area contributed by atoms with Gasteiger partial charge in [0.05, 0.1) is 0 Å². The van der Waals surface area contributed by atoms with Crippen LogP contribution in [-0.2, 0) is 5.41 Å². The maximum atomic E-state index is 6.62. The van der Waals surface area contributed by atoms with Gasteiger partial charge in [-0.25, -0.2) is 0 Å². The van der Waals surface area contributed by atoms with E-state index in [9.17, 15) is 0 Å². The van der Waals surface area contributed by atoms with Crippen LogP contribution < -0.4 is 5.46 Å². The van der Waals surface area contributed by atoms with Crippen molar-refractivity contribution in [2.24, 2.45) is 0 Å². The first kappa shape index (κ1) is 20.5. The van der Waals surface area contributed by atoms with E-state index >= 15 is 0 Å². The minimum absolute atomic E-state index is 0.0827. The fourth-order valence-corrected chi connectivity index (χ4v) is 4.51. The molecule has 0 saturated carbocycles. The van der Waals surface area contributed by atoms with Gasteiger partial charge < -0.3 is 0 Å². The lowest BCUT2D eigenvalue weighted by molar-refractivity contribution is 0.622.